The number of fused-ring (bicyclic) bond motifs is 1. The van der Waals surface area contributed by atoms with Crippen LogP contribution in [0.15, 0.2) is 29.6 Å². The van der Waals surface area contributed by atoms with Crippen molar-refractivity contribution in [1.82, 2.24) is 14.5 Å². The number of anilines is 1. The summed E-state index contributed by atoms with van der Waals surface area (Å²) in [6, 6.07) is 8.20. The first-order chi connectivity index (χ1) is 8.78. The van der Waals surface area contributed by atoms with E-state index < -0.39 is 0 Å². The lowest BCUT2D eigenvalue weighted by Gasteiger charge is -2.04. The van der Waals surface area contributed by atoms with E-state index in [1.165, 1.54) is 16.9 Å². The third-order valence-electron chi connectivity index (χ3n) is 2.96. The third kappa shape index (κ3) is 1.86. The van der Waals surface area contributed by atoms with E-state index in [-0.39, 0.29) is 0 Å². The highest BCUT2D eigenvalue weighted by atomic mass is 32.1. The Hall–Kier alpha value is -1.88. The molecule has 92 valence electrons. The molecule has 0 bridgehead atoms. The molecule has 0 spiro atoms. The van der Waals surface area contributed by atoms with Gasteiger partial charge in [-0.25, -0.2) is 9.97 Å². The van der Waals surface area contributed by atoms with E-state index in [1.54, 1.807) is 0 Å². The summed E-state index contributed by atoms with van der Waals surface area (Å²) in [5, 5.41) is 2.61. The lowest BCUT2D eigenvalue weighted by molar-refractivity contribution is 0.730. The first-order valence-electron chi connectivity index (χ1n) is 5.92. The van der Waals surface area contributed by atoms with Gasteiger partial charge in [0.1, 0.15) is 5.82 Å². The summed E-state index contributed by atoms with van der Waals surface area (Å²) < 4.78 is 2.23. The minimum atomic E-state index is 0.615. The van der Waals surface area contributed by atoms with Crippen LogP contribution < -0.4 is 5.73 Å². The predicted molar refractivity (Wildman–Crippen MR) is 74.7 cm³/mol. The maximum absolute atomic E-state index is 5.66. The van der Waals surface area contributed by atoms with Crippen molar-refractivity contribution in [3.63, 3.8) is 0 Å². The van der Waals surface area contributed by atoms with Gasteiger partial charge in [0, 0.05) is 18.3 Å². The van der Waals surface area contributed by atoms with Crippen molar-refractivity contribution in [3.05, 3.63) is 41.2 Å². The van der Waals surface area contributed by atoms with E-state index in [9.17, 15) is 0 Å². The van der Waals surface area contributed by atoms with Crippen LogP contribution in [0.5, 0.6) is 0 Å². The molecule has 0 saturated carbocycles. The highest BCUT2D eigenvalue weighted by Gasteiger charge is 2.10. The van der Waals surface area contributed by atoms with Gasteiger partial charge in [-0.3, -0.25) is 0 Å². The van der Waals surface area contributed by atoms with Crippen LogP contribution in [0.3, 0.4) is 0 Å². The molecule has 3 rings (SSSR count). The van der Waals surface area contributed by atoms with Crippen LogP contribution in [0.25, 0.3) is 11.0 Å². The second-order valence-electron chi connectivity index (χ2n) is 4.11. The molecule has 2 aromatic heterocycles. The Labute approximate surface area is 109 Å². The van der Waals surface area contributed by atoms with Crippen LogP contribution in [-0.4, -0.2) is 14.5 Å². The van der Waals surface area contributed by atoms with E-state index in [4.69, 9.17) is 5.73 Å². The number of benzene rings is 1. The predicted octanol–water partition coefficient (Wildman–Crippen LogP) is 2.69. The molecular weight excluding hydrogens is 244 g/mol. The van der Waals surface area contributed by atoms with Crippen molar-refractivity contribution < 1.29 is 0 Å². The third-order valence-corrected chi connectivity index (χ3v) is 3.68. The van der Waals surface area contributed by atoms with Gasteiger partial charge >= 0.3 is 0 Å². The van der Waals surface area contributed by atoms with Gasteiger partial charge < -0.3 is 10.3 Å². The maximum atomic E-state index is 5.66. The average Bonchev–Trinajstić information content (AvgIpc) is 2.92. The molecule has 4 nitrogen and oxygen atoms in total. The molecule has 18 heavy (non-hydrogen) atoms. The highest BCUT2D eigenvalue weighted by molar-refractivity contribution is 7.13. The zero-order chi connectivity index (χ0) is 12.5. The van der Waals surface area contributed by atoms with Gasteiger partial charge in [0.25, 0.3) is 0 Å². The lowest BCUT2D eigenvalue weighted by Crippen LogP contribution is -2.03. The van der Waals surface area contributed by atoms with Gasteiger partial charge in [0.2, 0.25) is 0 Å². The number of rotatable bonds is 3. The molecule has 0 unspecified atom stereocenters. The molecular formula is C13H14N4S. The quantitative estimate of drug-likeness (QED) is 0.785. The molecule has 0 fully saturated rings. The molecule has 0 atom stereocenters. The van der Waals surface area contributed by atoms with Crippen LogP contribution in [0.1, 0.15) is 18.4 Å². The van der Waals surface area contributed by atoms with Crippen LogP contribution in [0.4, 0.5) is 5.13 Å². The molecule has 2 heterocycles. The summed E-state index contributed by atoms with van der Waals surface area (Å²) in [7, 11) is 0. The number of para-hydroxylation sites is 2. The van der Waals surface area contributed by atoms with Crippen molar-refractivity contribution >= 4 is 27.5 Å². The number of hydrogen-bond acceptors (Lipinski definition) is 4. The van der Waals surface area contributed by atoms with Gasteiger partial charge in [0.15, 0.2) is 5.13 Å². The summed E-state index contributed by atoms with van der Waals surface area (Å²) in [5.41, 5.74) is 8.86. The van der Waals surface area contributed by atoms with Gasteiger partial charge in [-0.1, -0.05) is 12.1 Å². The highest BCUT2D eigenvalue weighted by Crippen LogP contribution is 2.19. The fourth-order valence-corrected chi connectivity index (χ4v) is 2.74. The van der Waals surface area contributed by atoms with E-state index in [2.05, 4.69) is 27.5 Å². The molecule has 0 aliphatic rings. The Balaban J connectivity index is 2.05. The van der Waals surface area contributed by atoms with Crippen molar-refractivity contribution in [3.8, 4) is 0 Å². The van der Waals surface area contributed by atoms with E-state index in [0.29, 0.717) is 5.13 Å². The summed E-state index contributed by atoms with van der Waals surface area (Å²) in [4.78, 5) is 8.97. The standard InChI is InChI=1S/C13H14N4S/c1-2-17-11-6-4-3-5-10(11)16-12(17)7-9-8-18-13(14)15-9/h3-6,8H,2,7H2,1H3,(H2,14,15). The fraction of sp³-hybridized carbons (Fsp3) is 0.231. The first-order valence-corrected chi connectivity index (χ1v) is 6.80. The summed E-state index contributed by atoms with van der Waals surface area (Å²) in [5.74, 6) is 1.05. The minimum Gasteiger partial charge on any atom is -0.375 e. The van der Waals surface area contributed by atoms with Gasteiger partial charge in [-0.15, -0.1) is 11.3 Å². The van der Waals surface area contributed by atoms with Crippen LogP contribution in [0, 0.1) is 0 Å². The monoisotopic (exact) mass is 258 g/mol. The molecule has 1 aromatic carbocycles. The number of thiazole rings is 1. The van der Waals surface area contributed by atoms with Crippen LogP contribution >= 0.6 is 11.3 Å². The number of nitrogen functional groups attached to an aromatic ring is 1. The second-order valence-corrected chi connectivity index (χ2v) is 5.00. The van der Waals surface area contributed by atoms with E-state index in [0.717, 1.165) is 30.0 Å². The van der Waals surface area contributed by atoms with E-state index in [1.807, 2.05) is 23.6 Å². The second kappa shape index (κ2) is 4.42. The summed E-state index contributed by atoms with van der Waals surface area (Å²) >= 11 is 1.47. The van der Waals surface area contributed by atoms with E-state index >= 15 is 0 Å². The number of imidazole rings is 1. The molecule has 0 saturated heterocycles. The zero-order valence-electron chi connectivity index (χ0n) is 10.1. The lowest BCUT2D eigenvalue weighted by atomic mass is 10.3. The molecule has 0 aliphatic carbocycles. The van der Waals surface area contributed by atoms with Crippen molar-refractivity contribution in [2.45, 2.75) is 19.9 Å². The smallest absolute Gasteiger partial charge is 0.180 e. The first kappa shape index (κ1) is 11.2. The topological polar surface area (TPSA) is 56.7 Å². The molecule has 0 amide bonds. The number of aryl methyl sites for hydroxylation is 1. The Morgan fingerprint density at radius 1 is 1.28 bits per heavy atom. The average molecular weight is 258 g/mol. The Morgan fingerprint density at radius 3 is 2.83 bits per heavy atom. The SMILES string of the molecule is CCn1c(Cc2csc(N)n2)nc2ccccc21. The van der Waals surface area contributed by atoms with Crippen molar-refractivity contribution in [2.24, 2.45) is 0 Å². The molecule has 0 aliphatic heterocycles. The normalized spacial score (nSPS) is 11.2. The van der Waals surface area contributed by atoms with Crippen LogP contribution in [-0.2, 0) is 13.0 Å². The summed E-state index contributed by atoms with van der Waals surface area (Å²) in [6.07, 6.45) is 0.732. The Kier molecular flexibility index (Phi) is 2.76. The maximum Gasteiger partial charge on any atom is 0.180 e. The number of aromatic nitrogens is 3. The van der Waals surface area contributed by atoms with Crippen molar-refractivity contribution in [2.75, 3.05) is 5.73 Å². The molecule has 3 aromatic rings. The fourth-order valence-electron chi connectivity index (χ4n) is 2.18. The van der Waals surface area contributed by atoms with Gasteiger partial charge in [-0.2, -0.15) is 0 Å². The molecule has 0 radical (unpaired) electrons. The largest absolute Gasteiger partial charge is 0.375 e. The van der Waals surface area contributed by atoms with Crippen LogP contribution in [0.2, 0.25) is 0 Å². The Bertz CT molecular complexity index is 683. The van der Waals surface area contributed by atoms with Crippen molar-refractivity contribution in [1.29, 1.82) is 0 Å². The number of nitrogens with two attached hydrogens (primary N) is 1. The van der Waals surface area contributed by atoms with Gasteiger partial charge in [-0.05, 0) is 19.1 Å². The van der Waals surface area contributed by atoms with Gasteiger partial charge in [0.05, 0.1) is 16.7 Å². The molecule has 2 N–H and O–H groups in total. The zero-order valence-corrected chi connectivity index (χ0v) is 10.9. The minimum absolute atomic E-state index is 0.615. The number of hydrogen-bond donors (Lipinski definition) is 1. The number of nitrogens with zero attached hydrogens (tertiary/aromatic N) is 3. The Morgan fingerprint density at radius 2 is 2.11 bits per heavy atom. The molecule has 5 heteroatoms. The summed E-state index contributed by atoms with van der Waals surface area (Å²) in [6.45, 7) is 3.04.